The summed E-state index contributed by atoms with van der Waals surface area (Å²) in [7, 11) is 0. The van der Waals surface area contributed by atoms with Gasteiger partial charge in [0.25, 0.3) is 5.91 Å². The normalized spacial score (nSPS) is 16.1. The Balaban J connectivity index is 1.89. The Labute approximate surface area is 146 Å². The maximum absolute atomic E-state index is 12.8. The van der Waals surface area contributed by atoms with Crippen LogP contribution in [0.1, 0.15) is 59.6 Å². The van der Waals surface area contributed by atoms with Crippen molar-refractivity contribution in [3.8, 4) is 5.82 Å². The summed E-state index contributed by atoms with van der Waals surface area (Å²) >= 11 is 0. The zero-order valence-corrected chi connectivity index (χ0v) is 14.8. The van der Waals surface area contributed by atoms with Gasteiger partial charge in [-0.15, -0.1) is 0 Å². The molecule has 3 rings (SSSR count). The Bertz CT molecular complexity index is 812. The lowest BCUT2D eigenvalue weighted by Crippen LogP contribution is -2.47. The van der Waals surface area contributed by atoms with Crippen molar-refractivity contribution in [1.29, 1.82) is 0 Å². The number of aromatic nitrogens is 2. The number of aliphatic carboxylic acids is 1. The minimum Gasteiger partial charge on any atom is -0.481 e. The van der Waals surface area contributed by atoms with Crippen LogP contribution in [0, 0.1) is 20.8 Å². The second-order valence-corrected chi connectivity index (χ2v) is 6.93. The summed E-state index contributed by atoms with van der Waals surface area (Å²) in [6.07, 6.45) is 3.23. The molecular formula is C18H23N3O4. The van der Waals surface area contributed by atoms with Crippen molar-refractivity contribution in [2.24, 2.45) is 0 Å². The minimum absolute atomic E-state index is 0.0417. The quantitative estimate of drug-likeness (QED) is 0.868. The van der Waals surface area contributed by atoms with E-state index < -0.39 is 11.5 Å². The number of carbonyl (C=O) groups excluding carboxylic acids is 1. The third kappa shape index (κ3) is 3.31. The van der Waals surface area contributed by atoms with Crippen molar-refractivity contribution in [1.82, 2.24) is 15.0 Å². The zero-order chi connectivity index (χ0) is 18.2. The standard InChI is InChI=1S/C18H23N3O4/c1-11-8-14(13(3)21(11)15-9-12(2)25-20-15)17(24)19-18(10-16(22)23)6-4-5-7-18/h8-9H,4-7,10H2,1-3H3,(H,19,24)(H,22,23). The van der Waals surface area contributed by atoms with Crippen LogP contribution in [0.15, 0.2) is 16.7 Å². The molecule has 0 aliphatic heterocycles. The summed E-state index contributed by atoms with van der Waals surface area (Å²) in [6, 6.07) is 3.61. The average molecular weight is 345 g/mol. The molecule has 134 valence electrons. The van der Waals surface area contributed by atoms with Crippen molar-refractivity contribution in [3.63, 3.8) is 0 Å². The third-order valence-corrected chi connectivity index (χ3v) is 4.95. The maximum Gasteiger partial charge on any atom is 0.305 e. The second-order valence-electron chi connectivity index (χ2n) is 6.93. The molecule has 0 unspecified atom stereocenters. The lowest BCUT2D eigenvalue weighted by molar-refractivity contribution is -0.138. The number of carbonyl (C=O) groups is 2. The fourth-order valence-corrected chi connectivity index (χ4v) is 3.80. The van der Waals surface area contributed by atoms with Crippen molar-refractivity contribution in [2.45, 2.75) is 58.4 Å². The first-order valence-corrected chi connectivity index (χ1v) is 8.48. The zero-order valence-electron chi connectivity index (χ0n) is 14.8. The Morgan fingerprint density at radius 1 is 1.28 bits per heavy atom. The highest BCUT2D eigenvalue weighted by molar-refractivity contribution is 5.96. The molecule has 0 aromatic carbocycles. The highest BCUT2D eigenvalue weighted by atomic mass is 16.5. The van der Waals surface area contributed by atoms with Crippen LogP contribution in [-0.4, -0.2) is 32.2 Å². The molecule has 0 atom stereocenters. The van der Waals surface area contributed by atoms with Crippen LogP contribution in [-0.2, 0) is 4.79 Å². The topological polar surface area (TPSA) is 97.4 Å². The molecule has 1 aliphatic carbocycles. The first kappa shape index (κ1) is 17.3. The molecular weight excluding hydrogens is 322 g/mol. The molecule has 2 heterocycles. The number of carboxylic acid groups (broad SMARTS) is 1. The van der Waals surface area contributed by atoms with Gasteiger partial charge in [-0.1, -0.05) is 18.0 Å². The summed E-state index contributed by atoms with van der Waals surface area (Å²) in [5.74, 6) is 0.209. The van der Waals surface area contributed by atoms with E-state index in [0.29, 0.717) is 30.0 Å². The lowest BCUT2D eigenvalue weighted by Gasteiger charge is -2.28. The van der Waals surface area contributed by atoms with Gasteiger partial charge in [0.05, 0.1) is 17.5 Å². The SMILES string of the molecule is Cc1cc(-n2c(C)cc(C(=O)NC3(CC(=O)O)CCCC3)c2C)no1. The van der Waals surface area contributed by atoms with Gasteiger partial charge in [0.15, 0.2) is 5.82 Å². The van der Waals surface area contributed by atoms with E-state index in [2.05, 4.69) is 10.5 Å². The molecule has 0 bridgehead atoms. The van der Waals surface area contributed by atoms with E-state index in [0.717, 1.165) is 24.2 Å². The van der Waals surface area contributed by atoms with Crippen LogP contribution in [0.2, 0.25) is 0 Å². The lowest BCUT2D eigenvalue weighted by atomic mass is 9.92. The fraction of sp³-hybridized carbons (Fsp3) is 0.500. The van der Waals surface area contributed by atoms with Crippen molar-refractivity contribution >= 4 is 11.9 Å². The number of hydrogen-bond acceptors (Lipinski definition) is 4. The van der Waals surface area contributed by atoms with Crippen LogP contribution in [0.3, 0.4) is 0 Å². The van der Waals surface area contributed by atoms with Gasteiger partial charge in [0, 0.05) is 17.5 Å². The summed E-state index contributed by atoms with van der Waals surface area (Å²) in [4.78, 5) is 24.1. The van der Waals surface area contributed by atoms with Gasteiger partial charge >= 0.3 is 5.97 Å². The molecule has 2 N–H and O–H groups in total. The van der Waals surface area contributed by atoms with E-state index in [1.54, 1.807) is 6.07 Å². The number of hydrogen-bond donors (Lipinski definition) is 2. The molecule has 25 heavy (non-hydrogen) atoms. The van der Waals surface area contributed by atoms with Crippen LogP contribution >= 0.6 is 0 Å². The maximum atomic E-state index is 12.8. The fourth-order valence-electron chi connectivity index (χ4n) is 3.80. The molecule has 0 radical (unpaired) electrons. The molecule has 7 nitrogen and oxygen atoms in total. The number of nitrogens with zero attached hydrogens (tertiary/aromatic N) is 2. The Morgan fingerprint density at radius 3 is 2.52 bits per heavy atom. The largest absolute Gasteiger partial charge is 0.481 e. The van der Waals surface area contributed by atoms with Crippen LogP contribution < -0.4 is 5.32 Å². The Morgan fingerprint density at radius 2 is 1.96 bits per heavy atom. The predicted octanol–water partition coefficient (Wildman–Crippen LogP) is 2.91. The second kappa shape index (κ2) is 6.38. The van der Waals surface area contributed by atoms with E-state index >= 15 is 0 Å². The summed E-state index contributed by atoms with van der Waals surface area (Å²) < 4.78 is 6.99. The van der Waals surface area contributed by atoms with E-state index in [-0.39, 0.29) is 12.3 Å². The summed E-state index contributed by atoms with van der Waals surface area (Å²) in [5.41, 5.74) is 1.52. The van der Waals surface area contributed by atoms with Crippen LogP contribution in [0.25, 0.3) is 5.82 Å². The molecule has 7 heteroatoms. The van der Waals surface area contributed by atoms with E-state index in [1.807, 2.05) is 31.4 Å². The van der Waals surface area contributed by atoms with Gasteiger partial charge in [0.2, 0.25) is 0 Å². The number of rotatable bonds is 5. The highest BCUT2D eigenvalue weighted by Crippen LogP contribution is 2.33. The van der Waals surface area contributed by atoms with Gasteiger partial charge in [-0.05, 0) is 39.7 Å². The predicted molar refractivity (Wildman–Crippen MR) is 91.0 cm³/mol. The average Bonchev–Trinajstić information content (AvgIpc) is 3.19. The van der Waals surface area contributed by atoms with Crippen molar-refractivity contribution < 1.29 is 19.2 Å². The number of amides is 1. The van der Waals surface area contributed by atoms with E-state index in [4.69, 9.17) is 4.52 Å². The summed E-state index contributed by atoms with van der Waals surface area (Å²) in [6.45, 7) is 5.56. The Hall–Kier alpha value is -2.57. The van der Waals surface area contributed by atoms with Gasteiger partial charge in [0.1, 0.15) is 5.76 Å². The van der Waals surface area contributed by atoms with Gasteiger partial charge < -0.3 is 14.9 Å². The van der Waals surface area contributed by atoms with Gasteiger partial charge in [-0.3, -0.25) is 14.2 Å². The monoisotopic (exact) mass is 345 g/mol. The minimum atomic E-state index is -0.884. The number of aryl methyl sites for hydroxylation is 2. The van der Waals surface area contributed by atoms with Crippen molar-refractivity contribution in [2.75, 3.05) is 0 Å². The molecule has 1 amide bonds. The smallest absolute Gasteiger partial charge is 0.305 e. The van der Waals surface area contributed by atoms with Crippen molar-refractivity contribution in [3.05, 3.63) is 34.8 Å². The molecule has 0 saturated heterocycles. The molecule has 1 saturated carbocycles. The molecule has 0 spiro atoms. The first-order valence-electron chi connectivity index (χ1n) is 8.48. The highest BCUT2D eigenvalue weighted by Gasteiger charge is 2.38. The molecule has 1 fully saturated rings. The number of carboxylic acids is 1. The van der Waals surface area contributed by atoms with Crippen LogP contribution in [0.5, 0.6) is 0 Å². The third-order valence-electron chi connectivity index (χ3n) is 4.95. The summed E-state index contributed by atoms with van der Waals surface area (Å²) in [5, 5.41) is 16.2. The Kier molecular flexibility index (Phi) is 4.41. The van der Waals surface area contributed by atoms with E-state index in [9.17, 15) is 14.7 Å². The molecule has 2 aromatic heterocycles. The van der Waals surface area contributed by atoms with Crippen LogP contribution in [0.4, 0.5) is 0 Å². The van der Waals surface area contributed by atoms with E-state index in [1.165, 1.54) is 0 Å². The molecule has 2 aromatic rings. The van der Waals surface area contributed by atoms with Gasteiger partial charge in [-0.25, -0.2) is 0 Å². The van der Waals surface area contributed by atoms with Gasteiger partial charge in [-0.2, -0.15) is 0 Å². The first-order chi connectivity index (χ1) is 11.8. The number of nitrogens with one attached hydrogen (secondary N) is 1. The molecule has 1 aliphatic rings.